The van der Waals surface area contributed by atoms with Crippen LogP contribution in [-0.4, -0.2) is 4.98 Å². The molecule has 0 aliphatic heterocycles. The summed E-state index contributed by atoms with van der Waals surface area (Å²) in [4.78, 5) is 3.23. The van der Waals surface area contributed by atoms with Gasteiger partial charge >= 0.3 is 0 Å². The van der Waals surface area contributed by atoms with E-state index < -0.39 is 0 Å². The molecule has 0 saturated carbocycles. The molecule has 1 nitrogen and oxygen atoms in total. The number of para-hydroxylation sites is 1. The minimum atomic E-state index is 0.935. The van der Waals surface area contributed by atoms with Crippen LogP contribution in [0.15, 0.2) is 43.1 Å². The van der Waals surface area contributed by atoms with E-state index in [0.29, 0.717) is 0 Å². The third kappa shape index (κ3) is 1.03. The van der Waals surface area contributed by atoms with E-state index >= 15 is 0 Å². The smallest absolute Gasteiger partial charge is 0.0456 e. The summed E-state index contributed by atoms with van der Waals surface area (Å²) in [5.41, 5.74) is 2.52. The zero-order chi connectivity index (χ0) is 8.39. The number of rotatable bonds is 2. The van der Waals surface area contributed by atoms with Crippen LogP contribution in [0.1, 0.15) is 5.56 Å². The molecular formula is C11H11N. The van der Waals surface area contributed by atoms with E-state index in [9.17, 15) is 0 Å². The number of H-pyrrole nitrogens is 1. The summed E-state index contributed by atoms with van der Waals surface area (Å²) in [5.74, 6) is 0. The van der Waals surface area contributed by atoms with E-state index in [1.54, 1.807) is 0 Å². The first kappa shape index (κ1) is 7.17. The second-order valence-electron chi connectivity index (χ2n) is 2.85. The van der Waals surface area contributed by atoms with Crippen molar-refractivity contribution in [2.45, 2.75) is 6.42 Å². The Balaban J connectivity index is 2.62. The molecule has 0 bridgehead atoms. The highest BCUT2D eigenvalue weighted by atomic mass is 14.7. The Bertz CT molecular complexity index is 398. The predicted octanol–water partition coefficient (Wildman–Crippen LogP) is 2.90. The summed E-state index contributed by atoms with van der Waals surface area (Å²) in [7, 11) is 0. The number of hydrogen-bond donors (Lipinski definition) is 1. The molecule has 0 unspecified atom stereocenters. The van der Waals surface area contributed by atoms with Crippen LogP contribution in [0, 0.1) is 0 Å². The van der Waals surface area contributed by atoms with Crippen molar-refractivity contribution in [1.82, 2.24) is 4.98 Å². The predicted molar refractivity (Wildman–Crippen MR) is 52.2 cm³/mol. The Kier molecular flexibility index (Phi) is 1.71. The van der Waals surface area contributed by atoms with Gasteiger partial charge in [-0.25, -0.2) is 0 Å². The molecule has 2 rings (SSSR count). The number of allylic oxidation sites excluding steroid dienone is 1. The molecule has 1 heterocycles. The molecule has 1 heteroatoms. The van der Waals surface area contributed by atoms with Crippen molar-refractivity contribution in [3.05, 3.63) is 48.7 Å². The van der Waals surface area contributed by atoms with Crippen LogP contribution in [0.5, 0.6) is 0 Å². The zero-order valence-electron chi connectivity index (χ0n) is 6.88. The van der Waals surface area contributed by atoms with Gasteiger partial charge in [0.25, 0.3) is 0 Å². The number of aromatic nitrogens is 1. The summed E-state index contributed by atoms with van der Waals surface area (Å²) in [6, 6.07) is 8.31. The number of nitrogens with one attached hydrogen (secondary N) is 1. The van der Waals surface area contributed by atoms with Crippen LogP contribution < -0.4 is 0 Å². The maximum atomic E-state index is 3.73. The Morgan fingerprint density at radius 2 is 2.17 bits per heavy atom. The van der Waals surface area contributed by atoms with E-state index in [1.807, 2.05) is 18.3 Å². The van der Waals surface area contributed by atoms with Crippen molar-refractivity contribution < 1.29 is 0 Å². The lowest BCUT2D eigenvalue weighted by Gasteiger charge is -1.91. The lowest BCUT2D eigenvalue weighted by Crippen LogP contribution is -1.74. The van der Waals surface area contributed by atoms with Gasteiger partial charge in [0.1, 0.15) is 0 Å². The summed E-state index contributed by atoms with van der Waals surface area (Å²) in [5, 5.41) is 1.30. The summed E-state index contributed by atoms with van der Waals surface area (Å²) in [6.07, 6.45) is 4.91. The molecule has 0 spiro atoms. The maximum Gasteiger partial charge on any atom is 0.0456 e. The first-order valence-electron chi connectivity index (χ1n) is 4.07. The quantitative estimate of drug-likeness (QED) is 0.645. The number of benzene rings is 1. The second-order valence-corrected chi connectivity index (χ2v) is 2.85. The molecule has 12 heavy (non-hydrogen) atoms. The molecule has 0 amide bonds. The summed E-state index contributed by atoms with van der Waals surface area (Å²) >= 11 is 0. The SMILES string of the molecule is C=CCc1c[nH]c2ccccc12. The van der Waals surface area contributed by atoms with Crippen molar-refractivity contribution in [2.24, 2.45) is 0 Å². The van der Waals surface area contributed by atoms with Crippen molar-refractivity contribution >= 4 is 10.9 Å². The molecule has 60 valence electrons. The fourth-order valence-corrected chi connectivity index (χ4v) is 1.46. The van der Waals surface area contributed by atoms with Crippen molar-refractivity contribution in [3.8, 4) is 0 Å². The van der Waals surface area contributed by atoms with Gasteiger partial charge in [-0.2, -0.15) is 0 Å². The van der Waals surface area contributed by atoms with E-state index in [2.05, 4.69) is 29.8 Å². The van der Waals surface area contributed by atoms with Gasteiger partial charge in [-0.15, -0.1) is 6.58 Å². The van der Waals surface area contributed by atoms with E-state index in [-0.39, 0.29) is 0 Å². The van der Waals surface area contributed by atoms with Crippen LogP contribution in [0.4, 0.5) is 0 Å². The van der Waals surface area contributed by atoms with Crippen molar-refractivity contribution in [2.75, 3.05) is 0 Å². The Morgan fingerprint density at radius 3 is 3.00 bits per heavy atom. The summed E-state index contributed by atoms with van der Waals surface area (Å²) < 4.78 is 0. The van der Waals surface area contributed by atoms with Gasteiger partial charge < -0.3 is 4.98 Å². The van der Waals surface area contributed by atoms with E-state index in [4.69, 9.17) is 0 Å². The van der Waals surface area contributed by atoms with Crippen LogP contribution in [0.25, 0.3) is 10.9 Å². The number of hydrogen-bond acceptors (Lipinski definition) is 0. The lowest BCUT2D eigenvalue weighted by molar-refractivity contribution is 1.29. The molecule has 2 aromatic rings. The highest BCUT2D eigenvalue weighted by molar-refractivity contribution is 5.83. The Hall–Kier alpha value is -1.50. The Labute approximate surface area is 71.7 Å². The third-order valence-electron chi connectivity index (χ3n) is 2.04. The van der Waals surface area contributed by atoms with E-state index in [0.717, 1.165) is 6.42 Å². The maximum absolute atomic E-state index is 3.73. The van der Waals surface area contributed by atoms with Gasteiger partial charge in [0.15, 0.2) is 0 Å². The third-order valence-corrected chi connectivity index (χ3v) is 2.04. The number of fused-ring (bicyclic) bond motifs is 1. The molecule has 0 aliphatic rings. The van der Waals surface area contributed by atoms with Crippen LogP contribution in [0.3, 0.4) is 0 Å². The monoisotopic (exact) mass is 157 g/mol. The van der Waals surface area contributed by atoms with Gasteiger partial charge in [0, 0.05) is 17.1 Å². The van der Waals surface area contributed by atoms with Crippen LogP contribution in [0.2, 0.25) is 0 Å². The van der Waals surface area contributed by atoms with Gasteiger partial charge in [0.2, 0.25) is 0 Å². The average molecular weight is 157 g/mol. The zero-order valence-corrected chi connectivity index (χ0v) is 6.88. The van der Waals surface area contributed by atoms with Gasteiger partial charge in [-0.05, 0) is 18.1 Å². The highest BCUT2D eigenvalue weighted by Gasteiger charge is 1.98. The van der Waals surface area contributed by atoms with Crippen LogP contribution >= 0.6 is 0 Å². The minimum Gasteiger partial charge on any atom is -0.361 e. The van der Waals surface area contributed by atoms with Crippen molar-refractivity contribution in [1.29, 1.82) is 0 Å². The molecular weight excluding hydrogens is 146 g/mol. The fraction of sp³-hybridized carbons (Fsp3) is 0.0909. The normalized spacial score (nSPS) is 10.3. The molecule has 1 N–H and O–H groups in total. The molecule has 0 radical (unpaired) electrons. The van der Waals surface area contributed by atoms with Gasteiger partial charge in [0.05, 0.1) is 0 Å². The van der Waals surface area contributed by atoms with E-state index in [1.165, 1.54) is 16.5 Å². The highest BCUT2D eigenvalue weighted by Crippen LogP contribution is 2.17. The largest absolute Gasteiger partial charge is 0.361 e. The molecule has 0 saturated heterocycles. The molecule has 1 aromatic heterocycles. The lowest BCUT2D eigenvalue weighted by atomic mass is 10.1. The molecule has 0 aliphatic carbocycles. The average Bonchev–Trinajstić information content (AvgIpc) is 2.50. The van der Waals surface area contributed by atoms with Gasteiger partial charge in [-0.1, -0.05) is 24.3 Å². The molecule has 0 atom stereocenters. The topological polar surface area (TPSA) is 15.8 Å². The van der Waals surface area contributed by atoms with Crippen LogP contribution in [-0.2, 0) is 6.42 Å². The number of aromatic amines is 1. The standard InChI is InChI=1S/C11H11N/c1-2-5-9-8-12-11-7-4-3-6-10(9)11/h2-4,6-8,12H,1,5H2. The summed E-state index contributed by atoms with van der Waals surface area (Å²) in [6.45, 7) is 3.73. The second kappa shape index (κ2) is 2.86. The fourth-order valence-electron chi connectivity index (χ4n) is 1.46. The first-order valence-corrected chi connectivity index (χ1v) is 4.07. The molecule has 1 aromatic carbocycles. The first-order chi connectivity index (χ1) is 5.92. The Morgan fingerprint density at radius 1 is 1.33 bits per heavy atom. The van der Waals surface area contributed by atoms with Gasteiger partial charge in [-0.3, -0.25) is 0 Å². The minimum absolute atomic E-state index is 0.935. The molecule has 0 fully saturated rings. The van der Waals surface area contributed by atoms with Crippen molar-refractivity contribution in [3.63, 3.8) is 0 Å².